The number of hydrogen-bond donors (Lipinski definition) is 3. The van der Waals surface area contributed by atoms with Gasteiger partial charge < -0.3 is 21.1 Å². The summed E-state index contributed by atoms with van der Waals surface area (Å²) >= 11 is 1.30. The van der Waals surface area contributed by atoms with Crippen molar-refractivity contribution < 1.29 is 9.90 Å². The quantitative estimate of drug-likeness (QED) is 0.607. The van der Waals surface area contributed by atoms with Gasteiger partial charge in [-0.1, -0.05) is 25.2 Å². The van der Waals surface area contributed by atoms with Crippen LogP contribution in [0.15, 0.2) is 0 Å². The summed E-state index contributed by atoms with van der Waals surface area (Å²) in [6.07, 6.45) is 2.56. The van der Waals surface area contributed by atoms with Crippen LogP contribution in [0, 0.1) is 5.92 Å². The molecule has 0 bridgehead atoms. The Morgan fingerprint density at radius 2 is 2.14 bits per heavy atom. The molecule has 0 saturated heterocycles. The zero-order valence-corrected chi connectivity index (χ0v) is 13.9. The van der Waals surface area contributed by atoms with Gasteiger partial charge in [-0.2, -0.15) is 0 Å². The average molecular weight is 314 g/mol. The topological polar surface area (TPSA) is 91.5 Å². The van der Waals surface area contributed by atoms with Gasteiger partial charge >= 0.3 is 0 Å². The van der Waals surface area contributed by atoms with Crippen molar-refractivity contribution in [2.75, 3.05) is 37.8 Å². The van der Waals surface area contributed by atoms with E-state index in [1.54, 1.807) is 11.9 Å². The number of nitrogens with zero attached hydrogens (tertiary/aromatic N) is 2. The summed E-state index contributed by atoms with van der Waals surface area (Å²) in [4.78, 5) is 18.7. The van der Waals surface area contributed by atoms with Gasteiger partial charge in [-0.25, -0.2) is 4.98 Å². The smallest absolute Gasteiger partial charge is 0.267 e. The fraction of sp³-hybridized carbons (Fsp3) is 0.714. The van der Waals surface area contributed by atoms with Gasteiger partial charge in [-0.05, 0) is 25.2 Å². The summed E-state index contributed by atoms with van der Waals surface area (Å²) in [5.41, 5.74) is 5.84. The monoisotopic (exact) mass is 314 g/mol. The summed E-state index contributed by atoms with van der Waals surface area (Å²) < 4.78 is 0. The van der Waals surface area contributed by atoms with E-state index >= 15 is 0 Å². The molecule has 120 valence electrons. The first-order valence-electron chi connectivity index (χ1n) is 7.32. The van der Waals surface area contributed by atoms with Gasteiger partial charge in [-0.15, -0.1) is 0 Å². The summed E-state index contributed by atoms with van der Waals surface area (Å²) in [5.74, 6) is 0.702. The number of aromatic nitrogens is 1. The van der Waals surface area contributed by atoms with Crippen LogP contribution >= 0.6 is 11.3 Å². The van der Waals surface area contributed by atoms with E-state index in [-0.39, 0.29) is 12.5 Å². The molecule has 0 radical (unpaired) electrons. The van der Waals surface area contributed by atoms with E-state index in [9.17, 15) is 4.79 Å². The second-order valence-electron chi connectivity index (χ2n) is 5.52. The predicted octanol–water partition coefficient (Wildman–Crippen LogP) is 2.03. The lowest BCUT2D eigenvalue weighted by atomic mass is 10.2. The van der Waals surface area contributed by atoms with Gasteiger partial charge in [0.15, 0.2) is 5.13 Å². The number of nitrogen functional groups attached to an aromatic ring is 1. The van der Waals surface area contributed by atoms with E-state index in [0.29, 0.717) is 28.3 Å². The number of anilines is 2. The zero-order valence-electron chi connectivity index (χ0n) is 13.1. The summed E-state index contributed by atoms with van der Waals surface area (Å²) in [6, 6.07) is 0. The Hall–Kier alpha value is -1.34. The second kappa shape index (κ2) is 8.84. The van der Waals surface area contributed by atoms with Crippen molar-refractivity contribution >= 4 is 28.2 Å². The second-order valence-corrected chi connectivity index (χ2v) is 6.52. The van der Waals surface area contributed by atoms with Gasteiger partial charge in [0.05, 0.1) is 0 Å². The fourth-order valence-corrected chi connectivity index (χ4v) is 2.65. The summed E-state index contributed by atoms with van der Waals surface area (Å²) in [7, 11) is 1.77. The van der Waals surface area contributed by atoms with E-state index in [4.69, 9.17) is 10.8 Å². The minimum Gasteiger partial charge on any atom is -0.396 e. The van der Waals surface area contributed by atoms with Crippen LogP contribution in [0.1, 0.15) is 42.8 Å². The Labute approximate surface area is 130 Å². The molecule has 1 aromatic rings. The van der Waals surface area contributed by atoms with Crippen molar-refractivity contribution in [1.82, 2.24) is 9.88 Å². The molecule has 6 nitrogen and oxygen atoms in total. The lowest BCUT2D eigenvalue weighted by molar-refractivity contribution is 0.0797. The number of thiazole rings is 1. The third-order valence-corrected chi connectivity index (χ3v) is 4.02. The number of carbonyl (C=O) groups is 1. The predicted molar refractivity (Wildman–Crippen MR) is 87.8 cm³/mol. The molecule has 0 saturated carbocycles. The lowest BCUT2D eigenvalue weighted by Crippen LogP contribution is -2.27. The van der Waals surface area contributed by atoms with E-state index in [1.807, 2.05) is 0 Å². The van der Waals surface area contributed by atoms with E-state index < -0.39 is 0 Å². The molecule has 1 rings (SSSR count). The molecule has 1 amide bonds. The highest BCUT2D eigenvalue weighted by molar-refractivity contribution is 7.18. The highest BCUT2D eigenvalue weighted by atomic mass is 32.1. The number of aliphatic hydroxyl groups excluding tert-OH is 1. The number of unbranched alkanes of at least 4 members (excludes halogenated alkanes) is 2. The van der Waals surface area contributed by atoms with Crippen LogP contribution < -0.4 is 11.1 Å². The number of rotatable bonds is 9. The van der Waals surface area contributed by atoms with Crippen LogP contribution in [0.2, 0.25) is 0 Å². The van der Waals surface area contributed by atoms with Crippen LogP contribution in [0.4, 0.5) is 10.9 Å². The van der Waals surface area contributed by atoms with E-state index in [0.717, 1.165) is 25.8 Å². The highest BCUT2D eigenvalue weighted by Gasteiger charge is 2.19. The Morgan fingerprint density at radius 1 is 1.43 bits per heavy atom. The van der Waals surface area contributed by atoms with Crippen LogP contribution in [-0.4, -0.2) is 47.6 Å². The third-order valence-electron chi connectivity index (χ3n) is 3.01. The first kappa shape index (κ1) is 17.7. The number of amides is 1. The third kappa shape index (κ3) is 5.89. The minimum absolute atomic E-state index is 0.0911. The number of hydrogen-bond acceptors (Lipinski definition) is 6. The molecular formula is C14H26N4O2S. The van der Waals surface area contributed by atoms with Crippen LogP contribution in [0.5, 0.6) is 0 Å². The molecule has 0 aromatic carbocycles. The Bertz CT molecular complexity index is 448. The SMILES string of the molecule is CC(C)CNc1nc(N)c(C(=O)N(C)CCCCCO)s1. The maximum atomic E-state index is 12.3. The standard InChI is InChI=1S/C14H26N4O2S/c1-10(2)9-16-14-17-12(15)11(21-14)13(20)18(3)7-5-4-6-8-19/h10,19H,4-9,15H2,1-3H3,(H,16,17). The molecule has 0 aliphatic heterocycles. The van der Waals surface area contributed by atoms with Gasteiger partial charge in [0.1, 0.15) is 10.7 Å². The lowest BCUT2D eigenvalue weighted by Gasteiger charge is -2.15. The first-order valence-corrected chi connectivity index (χ1v) is 8.13. The Balaban J connectivity index is 2.56. The van der Waals surface area contributed by atoms with Crippen LogP contribution in [0.25, 0.3) is 0 Å². The molecule has 0 atom stereocenters. The number of nitrogens with one attached hydrogen (secondary N) is 1. The maximum absolute atomic E-state index is 12.3. The Morgan fingerprint density at radius 3 is 2.76 bits per heavy atom. The van der Waals surface area contributed by atoms with Crippen molar-refractivity contribution in [3.63, 3.8) is 0 Å². The molecule has 1 heterocycles. The van der Waals surface area contributed by atoms with Crippen molar-refractivity contribution in [2.24, 2.45) is 5.92 Å². The Kier molecular flexibility index (Phi) is 7.45. The van der Waals surface area contributed by atoms with Crippen LogP contribution in [0.3, 0.4) is 0 Å². The van der Waals surface area contributed by atoms with Crippen molar-refractivity contribution in [2.45, 2.75) is 33.1 Å². The largest absolute Gasteiger partial charge is 0.396 e. The summed E-state index contributed by atoms with van der Waals surface area (Å²) in [6.45, 7) is 5.87. The number of nitrogens with two attached hydrogens (primary N) is 1. The van der Waals surface area contributed by atoms with Gasteiger partial charge in [0, 0.05) is 26.7 Å². The fourth-order valence-electron chi connectivity index (χ4n) is 1.76. The maximum Gasteiger partial charge on any atom is 0.267 e. The van der Waals surface area contributed by atoms with Crippen molar-refractivity contribution in [3.8, 4) is 0 Å². The van der Waals surface area contributed by atoms with E-state index in [1.165, 1.54) is 11.3 Å². The molecule has 0 fully saturated rings. The minimum atomic E-state index is -0.0911. The van der Waals surface area contributed by atoms with E-state index in [2.05, 4.69) is 24.1 Å². The summed E-state index contributed by atoms with van der Waals surface area (Å²) in [5, 5.41) is 12.6. The average Bonchev–Trinajstić information content (AvgIpc) is 2.81. The molecule has 1 aromatic heterocycles. The molecule has 0 unspecified atom stereocenters. The molecule has 4 N–H and O–H groups in total. The van der Waals surface area contributed by atoms with Gasteiger partial charge in [-0.3, -0.25) is 4.79 Å². The molecule has 7 heteroatoms. The van der Waals surface area contributed by atoms with Crippen molar-refractivity contribution in [3.05, 3.63) is 4.88 Å². The molecule has 21 heavy (non-hydrogen) atoms. The van der Waals surface area contributed by atoms with Gasteiger partial charge in [0.2, 0.25) is 0 Å². The first-order chi connectivity index (χ1) is 9.95. The molecule has 0 aliphatic rings. The highest BCUT2D eigenvalue weighted by Crippen LogP contribution is 2.26. The molecular weight excluding hydrogens is 288 g/mol. The van der Waals surface area contributed by atoms with Crippen LogP contribution in [-0.2, 0) is 0 Å². The molecule has 0 aliphatic carbocycles. The number of carbonyl (C=O) groups excluding carboxylic acids is 1. The zero-order chi connectivity index (χ0) is 15.8. The number of aliphatic hydroxyl groups is 1. The van der Waals surface area contributed by atoms with Gasteiger partial charge in [0.25, 0.3) is 5.91 Å². The normalized spacial score (nSPS) is 10.9. The van der Waals surface area contributed by atoms with Crippen molar-refractivity contribution in [1.29, 1.82) is 0 Å². The molecule has 0 spiro atoms.